The number of likely N-dealkylation sites (N-methyl/N-ethyl adjacent to an activating group) is 1. The Balaban J connectivity index is 1.65. The van der Waals surface area contributed by atoms with Crippen molar-refractivity contribution >= 4 is 18.0 Å². The predicted octanol–water partition coefficient (Wildman–Crippen LogP) is 1.53. The largest absolute Gasteiger partial charge is 0.492 e. The topological polar surface area (TPSA) is 68.3 Å². The summed E-state index contributed by atoms with van der Waals surface area (Å²) in [7, 11) is 2.12. The van der Waals surface area contributed by atoms with Crippen LogP contribution in [-0.4, -0.2) is 73.9 Å². The Morgan fingerprint density at radius 3 is 2.37 bits per heavy atom. The van der Waals surface area contributed by atoms with Gasteiger partial charge in [0.1, 0.15) is 17.9 Å². The lowest BCUT2D eigenvalue weighted by Crippen LogP contribution is -2.45. The van der Waals surface area contributed by atoms with Gasteiger partial charge in [-0.25, -0.2) is 9.59 Å². The van der Waals surface area contributed by atoms with Crippen molar-refractivity contribution in [1.29, 1.82) is 0 Å². The summed E-state index contributed by atoms with van der Waals surface area (Å²) in [6.45, 7) is 8.58. The lowest BCUT2D eigenvalue weighted by molar-refractivity contribution is -0.222. The summed E-state index contributed by atoms with van der Waals surface area (Å²) in [5.41, 5.74) is 0.504. The lowest BCUT2D eigenvalue weighted by Gasteiger charge is -2.32. The monoisotopic (exact) mass is 374 g/mol. The van der Waals surface area contributed by atoms with Crippen LogP contribution in [-0.2, 0) is 19.1 Å². The van der Waals surface area contributed by atoms with Gasteiger partial charge < -0.3 is 19.1 Å². The maximum Gasteiger partial charge on any atom is 0.348 e. The molecule has 0 aliphatic carbocycles. The Bertz CT molecular complexity index is 714. The van der Waals surface area contributed by atoms with E-state index in [4.69, 9.17) is 14.2 Å². The van der Waals surface area contributed by atoms with Crippen molar-refractivity contribution < 1.29 is 23.8 Å². The number of carbonyl (C=O) groups excluding carboxylic acids is 2. The van der Waals surface area contributed by atoms with E-state index in [1.807, 2.05) is 18.2 Å². The molecule has 0 radical (unpaired) electrons. The first-order chi connectivity index (χ1) is 12.8. The number of ether oxygens (including phenoxy) is 3. The van der Waals surface area contributed by atoms with Gasteiger partial charge in [0, 0.05) is 52.1 Å². The summed E-state index contributed by atoms with van der Waals surface area (Å²) in [5.74, 6) is -2.01. The normalized spacial score (nSPS) is 20.8. The van der Waals surface area contributed by atoms with Gasteiger partial charge in [0.05, 0.1) is 0 Å². The number of carbonyl (C=O) groups is 2. The third-order valence-electron chi connectivity index (χ3n) is 4.60. The summed E-state index contributed by atoms with van der Waals surface area (Å²) in [6, 6.07) is 7.29. The van der Waals surface area contributed by atoms with Crippen LogP contribution in [0.3, 0.4) is 0 Å². The highest BCUT2D eigenvalue weighted by Crippen LogP contribution is 2.27. The summed E-state index contributed by atoms with van der Waals surface area (Å²) < 4.78 is 16.2. The zero-order chi connectivity index (χ0) is 19.4. The van der Waals surface area contributed by atoms with E-state index in [0.717, 1.165) is 32.7 Å². The first kappa shape index (κ1) is 19.4. The highest BCUT2D eigenvalue weighted by atomic mass is 16.7. The maximum atomic E-state index is 12.1. The molecule has 27 heavy (non-hydrogen) atoms. The van der Waals surface area contributed by atoms with Crippen molar-refractivity contribution in [2.45, 2.75) is 19.6 Å². The highest BCUT2D eigenvalue weighted by molar-refractivity contribution is 6.19. The predicted molar refractivity (Wildman–Crippen MR) is 100 cm³/mol. The average molecular weight is 374 g/mol. The van der Waals surface area contributed by atoms with E-state index in [2.05, 4.69) is 16.8 Å². The number of rotatable bonds is 5. The molecule has 2 heterocycles. The maximum absolute atomic E-state index is 12.1. The quantitative estimate of drug-likeness (QED) is 0.440. The fourth-order valence-electron chi connectivity index (χ4n) is 3.02. The number of nitrogens with zero attached hydrogens (tertiary/aromatic N) is 2. The zero-order valence-electron chi connectivity index (χ0n) is 16.1. The Morgan fingerprint density at radius 1 is 1.07 bits per heavy atom. The minimum Gasteiger partial charge on any atom is -0.492 e. The Hall–Kier alpha value is -2.38. The lowest BCUT2D eigenvalue weighted by atomic mass is 10.1. The highest BCUT2D eigenvalue weighted by Gasteiger charge is 2.39. The molecule has 0 unspecified atom stereocenters. The van der Waals surface area contributed by atoms with Crippen molar-refractivity contribution in [3.8, 4) is 5.75 Å². The summed E-state index contributed by atoms with van der Waals surface area (Å²) in [6.07, 6.45) is 1.46. The second-order valence-electron chi connectivity index (χ2n) is 7.27. The molecule has 7 nitrogen and oxygen atoms in total. The van der Waals surface area contributed by atoms with Crippen LogP contribution >= 0.6 is 0 Å². The molecule has 146 valence electrons. The van der Waals surface area contributed by atoms with Crippen LogP contribution in [0.25, 0.3) is 6.08 Å². The summed E-state index contributed by atoms with van der Waals surface area (Å²) >= 11 is 0. The first-order valence-corrected chi connectivity index (χ1v) is 9.15. The first-order valence-electron chi connectivity index (χ1n) is 9.15. The molecular formula is C20H26N2O5. The third-order valence-corrected chi connectivity index (χ3v) is 4.60. The van der Waals surface area contributed by atoms with Gasteiger partial charge in [-0.2, -0.15) is 0 Å². The Morgan fingerprint density at radius 2 is 1.70 bits per heavy atom. The van der Waals surface area contributed by atoms with Gasteiger partial charge in [-0.3, -0.25) is 4.90 Å². The molecule has 0 amide bonds. The summed E-state index contributed by atoms with van der Waals surface area (Å²) in [5, 5.41) is 0. The molecule has 2 fully saturated rings. The van der Waals surface area contributed by atoms with Gasteiger partial charge in [-0.1, -0.05) is 18.2 Å². The fourth-order valence-corrected chi connectivity index (χ4v) is 3.02. The standard InChI is InChI=1S/C20H26N2O5/c1-20(2)26-18(23)16(19(24)27-20)14-15-6-4-5-7-17(15)25-13-12-22-10-8-21(3)9-11-22/h4-7,14H,8-13H2,1-3H3. The van der Waals surface area contributed by atoms with Gasteiger partial charge in [0.25, 0.3) is 5.79 Å². The number of esters is 2. The van der Waals surface area contributed by atoms with Crippen LogP contribution in [0.4, 0.5) is 0 Å². The molecule has 0 saturated carbocycles. The van der Waals surface area contributed by atoms with E-state index >= 15 is 0 Å². The molecule has 7 heteroatoms. The van der Waals surface area contributed by atoms with Crippen LogP contribution in [0.15, 0.2) is 29.8 Å². The van der Waals surface area contributed by atoms with Crippen LogP contribution in [0, 0.1) is 0 Å². The number of hydrogen-bond acceptors (Lipinski definition) is 7. The molecule has 0 N–H and O–H groups in total. The fraction of sp³-hybridized carbons (Fsp3) is 0.500. The number of benzene rings is 1. The minimum atomic E-state index is -1.25. The number of piperazine rings is 1. The van der Waals surface area contributed by atoms with E-state index in [1.54, 1.807) is 6.07 Å². The minimum absolute atomic E-state index is 0.135. The molecule has 2 aliphatic heterocycles. The molecule has 0 spiro atoms. The van der Waals surface area contributed by atoms with Crippen LogP contribution in [0.5, 0.6) is 5.75 Å². The molecule has 3 rings (SSSR count). The molecule has 2 saturated heterocycles. The molecule has 2 aliphatic rings. The van der Waals surface area contributed by atoms with Gasteiger partial charge in [-0.05, 0) is 19.2 Å². The van der Waals surface area contributed by atoms with Crippen LogP contribution < -0.4 is 4.74 Å². The molecule has 0 bridgehead atoms. The number of para-hydroxylation sites is 1. The van der Waals surface area contributed by atoms with E-state index in [9.17, 15) is 9.59 Å². The molecule has 1 aromatic carbocycles. The summed E-state index contributed by atoms with van der Waals surface area (Å²) in [4.78, 5) is 28.9. The van der Waals surface area contributed by atoms with Crippen molar-refractivity contribution in [2.75, 3.05) is 46.4 Å². The Labute approximate surface area is 159 Å². The molecule has 0 aromatic heterocycles. The van der Waals surface area contributed by atoms with Gasteiger partial charge >= 0.3 is 11.9 Å². The van der Waals surface area contributed by atoms with E-state index in [-0.39, 0.29) is 5.57 Å². The second kappa shape index (κ2) is 8.10. The van der Waals surface area contributed by atoms with Gasteiger partial charge in [0.15, 0.2) is 0 Å². The molecular weight excluding hydrogens is 348 g/mol. The smallest absolute Gasteiger partial charge is 0.348 e. The van der Waals surface area contributed by atoms with Crippen molar-refractivity contribution in [3.63, 3.8) is 0 Å². The van der Waals surface area contributed by atoms with E-state index in [1.165, 1.54) is 19.9 Å². The van der Waals surface area contributed by atoms with Gasteiger partial charge in [-0.15, -0.1) is 0 Å². The van der Waals surface area contributed by atoms with Crippen molar-refractivity contribution in [3.05, 3.63) is 35.4 Å². The number of hydrogen-bond donors (Lipinski definition) is 0. The van der Waals surface area contributed by atoms with Crippen molar-refractivity contribution in [2.24, 2.45) is 0 Å². The van der Waals surface area contributed by atoms with E-state index < -0.39 is 17.7 Å². The van der Waals surface area contributed by atoms with E-state index in [0.29, 0.717) is 17.9 Å². The molecule has 1 aromatic rings. The average Bonchev–Trinajstić information content (AvgIpc) is 2.60. The van der Waals surface area contributed by atoms with Gasteiger partial charge in [0.2, 0.25) is 0 Å². The van der Waals surface area contributed by atoms with Crippen LogP contribution in [0.2, 0.25) is 0 Å². The SMILES string of the molecule is CN1CCN(CCOc2ccccc2C=C2C(=O)OC(C)(C)OC2=O)CC1. The number of cyclic esters (lactones) is 2. The second-order valence-corrected chi connectivity index (χ2v) is 7.27. The zero-order valence-corrected chi connectivity index (χ0v) is 16.1. The Kier molecular flexibility index (Phi) is 5.82. The molecule has 0 atom stereocenters. The third kappa shape index (κ3) is 5.08. The van der Waals surface area contributed by atoms with Crippen molar-refractivity contribution in [1.82, 2.24) is 9.80 Å². The van der Waals surface area contributed by atoms with Crippen LogP contribution in [0.1, 0.15) is 19.4 Å².